The second kappa shape index (κ2) is 6.95. The number of fused-ring (bicyclic) bond motifs is 1. The predicted molar refractivity (Wildman–Crippen MR) is 91.2 cm³/mol. The molecule has 0 aliphatic carbocycles. The van der Waals surface area contributed by atoms with Gasteiger partial charge in [-0.05, 0) is 41.5 Å². The number of hydrogen-bond acceptors (Lipinski definition) is 3. The smallest absolute Gasteiger partial charge is 0.189 e. The highest BCUT2D eigenvalue weighted by atomic mass is 16.7. The first-order valence-corrected chi connectivity index (χ1v) is 7.56. The summed E-state index contributed by atoms with van der Waals surface area (Å²) in [5, 5.41) is 11.5. The van der Waals surface area contributed by atoms with Crippen molar-refractivity contribution in [2.75, 3.05) is 13.4 Å². The Morgan fingerprint density at radius 3 is 2.61 bits per heavy atom. The summed E-state index contributed by atoms with van der Waals surface area (Å²) in [6.45, 7) is 2.72. The second-order valence-corrected chi connectivity index (χ2v) is 5.10. The third kappa shape index (κ3) is 3.18. The van der Waals surface area contributed by atoms with Gasteiger partial charge in [-0.25, -0.2) is 0 Å². The maximum Gasteiger partial charge on any atom is 0.189 e. The van der Waals surface area contributed by atoms with Gasteiger partial charge in [0.25, 0.3) is 0 Å². The molecule has 0 heterocycles. The van der Waals surface area contributed by atoms with Crippen LogP contribution in [0.1, 0.15) is 12.5 Å². The summed E-state index contributed by atoms with van der Waals surface area (Å²) in [4.78, 5) is 0. The maximum atomic E-state index is 9.21. The van der Waals surface area contributed by atoms with Crippen molar-refractivity contribution in [3.05, 3.63) is 66.2 Å². The van der Waals surface area contributed by atoms with E-state index >= 15 is 0 Å². The van der Waals surface area contributed by atoms with Crippen LogP contribution in [0.4, 0.5) is 0 Å². The Labute approximate surface area is 135 Å². The zero-order valence-electron chi connectivity index (χ0n) is 13.0. The zero-order valence-corrected chi connectivity index (χ0v) is 13.0. The minimum absolute atomic E-state index is 0.195. The summed E-state index contributed by atoms with van der Waals surface area (Å²) in [5.41, 5.74) is 2.56. The maximum absolute atomic E-state index is 9.21. The molecule has 0 bridgehead atoms. The summed E-state index contributed by atoms with van der Waals surface area (Å²) in [6, 6.07) is 22.0. The van der Waals surface area contributed by atoms with Crippen LogP contribution in [0.25, 0.3) is 21.9 Å². The van der Waals surface area contributed by atoms with E-state index in [1.165, 1.54) is 0 Å². The Morgan fingerprint density at radius 2 is 1.78 bits per heavy atom. The van der Waals surface area contributed by atoms with Gasteiger partial charge in [0.2, 0.25) is 0 Å². The zero-order chi connectivity index (χ0) is 16.1. The normalized spacial score (nSPS) is 10.4. The van der Waals surface area contributed by atoms with Crippen LogP contribution in [0, 0.1) is 11.3 Å². The SMILES string of the molecule is CCOCOc1ccc(C#N)cc1-c1cccc2ccccc12. The number of nitrogens with zero attached hydrogens (tertiary/aromatic N) is 1. The highest BCUT2D eigenvalue weighted by molar-refractivity contribution is 5.98. The molecule has 23 heavy (non-hydrogen) atoms. The molecule has 114 valence electrons. The highest BCUT2D eigenvalue weighted by Crippen LogP contribution is 2.35. The Kier molecular flexibility index (Phi) is 4.56. The number of nitriles is 1. The molecule has 3 aromatic rings. The topological polar surface area (TPSA) is 42.2 Å². The molecule has 3 heteroatoms. The van der Waals surface area contributed by atoms with E-state index in [2.05, 4.69) is 24.3 Å². The van der Waals surface area contributed by atoms with Gasteiger partial charge in [0.1, 0.15) is 5.75 Å². The molecule has 0 unspecified atom stereocenters. The lowest BCUT2D eigenvalue weighted by Gasteiger charge is -2.14. The van der Waals surface area contributed by atoms with Crippen LogP contribution < -0.4 is 4.74 Å². The molecule has 0 spiro atoms. The predicted octanol–water partition coefficient (Wildman–Crippen LogP) is 4.75. The first kappa shape index (κ1) is 15.1. The third-order valence-corrected chi connectivity index (χ3v) is 3.69. The fourth-order valence-corrected chi connectivity index (χ4v) is 2.58. The fourth-order valence-electron chi connectivity index (χ4n) is 2.58. The van der Waals surface area contributed by atoms with Gasteiger partial charge >= 0.3 is 0 Å². The Hall–Kier alpha value is -2.83. The van der Waals surface area contributed by atoms with Gasteiger partial charge in [-0.1, -0.05) is 42.5 Å². The first-order chi connectivity index (χ1) is 11.3. The quantitative estimate of drug-likeness (QED) is 0.504. The van der Waals surface area contributed by atoms with Crippen LogP contribution in [0.5, 0.6) is 5.75 Å². The molecule has 3 rings (SSSR count). The van der Waals surface area contributed by atoms with E-state index in [1.54, 1.807) is 6.07 Å². The lowest BCUT2D eigenvalue weighted by Crippen LogP contribution is -2.03. The van der Waals surface area contributed by atoms with Crippen LogP contribution in [0.3, 0.4) is 0 Å². The average Bonchev–Trinajstić information content (AvgIpc) is 2.61. The number of rotatable bonds is 5. The summed E-state index contributed by atoms with van der Waals surface area (Å²) in [6.07, 6.45) is 0. The third-order valence-electron chi connectivity index (χ3n) is 3.69. The van der Waals surface area contributed by atoms with Crippen molar-refractivity contribution in [2.45, 2.75) is 6.92 Å². The van der Waals surface area contributed by atoms with Crippen molar-refractivity contribution in [3.63, 3.8) is 0 Å². The van der Waals surface area contributed by atoms with E-state index < -0.39 is 0 Å². The van der Waals surface area contributed by atoms with E-state index in [1.807, 2.05) is 43.3 Å². The molecule has 3 aromatic carbocycles. The van der Waals surface area contributed by atoms with Gasteiger partial charge in [-0.3, -0.25) is 0 Å². The summed E-state index contributed by atoms with van der Waals surface area (Å²) in [7, 11) is 0. The molecule has 0 aliphatic rings. The van der Waals surface area contributed by atoms with Crippen LogP contribution in [0.2, 0.25) is 0 Å². The van der Waals surface area contributed by atoms with Gasteiger partial charge in [0.15, 0.2) is 6.79 Å². The summed E-state index contributed by atoms with van der Waals surface area (Å²) in [5.74, 6) is 0.716. The molecule has 0 saturated heterocycles. The van der Waals surface area contributed by atoms with Crippen LogP contribution in [-0.4, -0.2) is 13.4 Å². The Balaban J connectivity index is 2.14. The van der Waals surface area contributed by atoms with Gasteiger partial charge in [-0.15, -0.1) is 0 Å². The second-order valence-electron chi connectivity index (χ2n) is 5.10. The minimum Gasteiger partial charge on any atom is -0.467 e. The van der Waals surface area contributed by atoms with E-state index in [-0.39, 0.29) is 6.79 Å². The van der Waals surface area contributed by atoms with E-state index in [4.69, 9.17) is 9.47 Å². The molecule has 0 fully saturated rings. The summed E-state index contributed by atoms with van der Waals surface area (Å²) < 4.78 is 11.0. The first-order valence-electron chi connectivity index (χ1n) is 7.56. The van der Waals surface area contributed by atoms with Crippen molar-refractivity contribution in [2.24, 2.45) is 0 Å². The molecule has 0 aliphatic heterocycles. The standard InChI is InChI=1S/C20H17NO2/c1-2-22-14-23-20-11-10-15(13-21)12-19(20)18-9-5-7-16-6-3-4-8-17(16)18/h3-12H,2,14H2,1H3. The monoisotopic (exact) mass is 303 g/mol. The van der Waals surface area contributed by atoms with Crippen molar-refractivity contribution >= 4 is 10.8 Å². The van der Waals surface area contributed by atoms with Crippen LogP contribution >= 0.6 is 0 Å². The van der Waals surface area contributed by atoms with E-state index in [0.29, 0.717) is 17.9 Å². The van der Waals surface area contributed by atoms with Crippen molar-refractivity contribution in [1.29, 1.82) is 5.26 Å². The van der Waals surface area contributed by atoms with Gasteiger partial charge in [-0.2, -0.15) is 5.26 Å². The Morgan fingerprint density at radius 1 is 0.957 bits per heavy atom. The molecule has 0 amide bonds. The fraction of sp³-hybridized carbons (Fsp3) is 0.150. The van der Waals surface area contributed by atoms with Crippen LogP contribution in [-0.2, 0) is 4.74 Å². The van der Waals surface area contributed by atoms with Gasteiger partial charge in [0, 0.05) is 12.2 Å². The lowest BCUT2D eigenvalue weighted by atomic mass is 9.96. The molecule has 3 nitrogen and oxygen atoms in total. The minimum atomic E-state index is 0.195. The van der Waals surface area contributed by atoms with Gasteiger partial charge in [0.05, 0.1) is 11.6 Å². The molecule has 0 atom stereocenters. The van der Waals surface area contributed by atoms with E-state index in [9.17, 15) is 5.26 Å². The number of benzene rings is 3. The Bertz CT molecular complexity index is 860. The largest absolute Gasteiger partial charge is 0.467 e. The highest BCUT2D eigenvalue weighted by Gasteiger charge is 2.11. The summed E-state index contributed by atoms with van der Waals surface area (Å²) >= 11 is 0. The molecular weight excluding hydrogens is 286 g/mol. The van der Waals surface area contributed by atoms with E-state index in [0.717, 1.165) is 21.9 Å². The lowest BCUT2D eigenvalue weighted by molar-refractivity contribution is 0.0227. The molecular formula is C20H17NO2. The number of ether oxygens (including phenoxy) is 2. The molecule has 0 N–H and O–H groups in total. The van der Waals surface area contributed by atoms with Crippen molar-refractivity contribution in [1.82, 2.24) is 0 Å². The number of hydrogen-bond donors (Lipinski definition) is 0. The molecule has 0 aromatic heterocycles. The molecule has 0 saturated carbocycles. The molecule has 0 radical (unpaired) electrons. The average molecular weight is 303 g/mol. The van der Waals surface area contributed by atoms with Crippen molar-refractivity contribution in [3.8, 4) is 22.9 Å². The van der Waals surface area contributed by atoms with Gasteiger partial charge < -0.3 is 9.47 Å². The van der Waals surface area contributed by atoms with Crippen molar-refractivity contribution < 1.29 is 9.47 Å². The van der Waals surface area contributed by atoms with Crippen LogP contribution in [0.15, 0.2) is 60.7 Å².